The van der Waals surface area contributed by atoms with Gasteiger partial charge >= 0.3 is 5.97 Å². The van der Waals surface area contributed by atoms with Crippen molar-refractivity contribution in [1.82, 2.24) is 24.4 Å². The van der Waals surface area contributed by atoms with Gasteiger partial charge in [-0.1, -0.05) is 24.3 Å². The van der Waals surface area contributed by atoms with E-state index in [4.69, 9.17) is 19.7 Å². The second-order valence-corrected chi connectivity index (χ2v) is 11.1. The number of para-hydroxylation sites is 1. The van der Waals surface area contributed by atoms with E-state index in [1.54, 1.807) is 18.3 Å². The number of aromatic carboxylic acids is 1. The molecule has 0 aliphatic carbocycles. The molecule has 10 heteroatoms. The Morgan fingerprint density at radius 1 is 1.10 bits per heavy atom. The summed E-state index contributed by atoms with van der Waals surface area (Å²) in [6.45, 7) is 3.84. The quantitative estimate of drug-likeness (QED) is 0.341. The van der Waals surface area contributed by atoms with Crippen LogP contribution in [0.15, 0.2) is 54.7 Å². The van der Waals surface area contributed by atoms with Crippen LogP contribution >= 0.6 is 0 Å². The van der Waals surface area contributed by atoms with Gasteiger partial charge in [0.15, 0.2) is 17.4 Å². The fraction of sp³-hybridized carbons (Fsp3) is 0.344. The third-order valence-corrected chi connectivity index (χ3v) is 8.44. The number of aromatic nitrogens is 4. The summed E-state index contributed by atoms with van der Waals surface area (Å²) in [4.78, 5) is 27.7. The summed E-state index contributed by atoms with van der Waals surface area (Å²) in [5.74, 6) is 1.11. The molecule has 3 aromatic heterocycles. The van der Waals surface area contributed by atoms with Gasteiger partial charge in [-0.05, 0) is 74.2 Å². The van der Waals surface area contributed by atoms with E-state index in [2.05, 4.69) is 45.2 Å². The number of nitrogens with zero attached hydrogens (tertiary/aromatic N) is 6. The highest BCUT2D eigenvalue weighted by Crippen LogP contribution is 2.41. The number of piperidine rings is 1. The number of benzene rings is 1. The lowest BCUT2D eigenvalue weighted by Gasteiger charge is -2.34. The number of hydrogen-bond donors (Lipinski definition) is 1. The van der Waals surface area contributed by atoms with Gasteiger partial charge in [0.05, 0.1) is 30.5 Å². The summed E-state index contributed by atoms with van der Waals surface area (Å²) < 4.78 is 14.2. The normalized spacial score (nSPS) is 20.5. The molecule has 212 valence electrons. The van der Waals surface area contributed by atoms with Crippen LogP contribution in [0.1, 0.15) is 70.0 Å². The highest BCUT2D eigenvalue weighted by molar-refractivity contribution is 5.88. The molecule has 2 saturated heterocycles. The highest BCUT2D eigenvalue weighted by Gasteiger charge is 2.29. The average Bonchev–Trinajstić information content (AvgIpc) is 3.34. The smallest absolute Gasteiger partial charge is 0.354 e. The van der Waals surface area contributed by atoms with Crippen LogP contribution in [-0.2, 0) is 17.8 Å². The van der Waals surface area contributed by atoms with Crippen LogP contribution in [0, 0.1) is 11.3 Å². The van der Waals surface area contributed by atoms with Gasteiger partial charge in [0.2, 0.25) is 0 Å². The largest absolute Gasteiger partial charge is 0.479 e. The van der Waals surface area contributed by atoms with Gasteiger partial charge in [-0.2, -0.15) is 5.26 Å². The Morgan fingerprint density at radius 2 is 1.95 bits per heavy atom. The predicted octanol–water partition coefficient (Wildman–Crippen LogP) is 4.71. The number of nitriles is 1. The standard InChI is InChI=1S/C32H30N6O4/c33-16-20-4-6-25(34-17-20)28-9-5-22-2-1-3-24(30(22)42-28)21-10-13-37(14-11-21)19-29-35-26-7-8-27(32(39)40)36-31(26)38(29)18-23-12-15-41-23/h1-9,17,21,23,28H,10-15,18-19H2,(H,39,40)/t23-,28+/m0/s1. The van der Waals surface area contributed by atoms with Crippen molar-refractivity contribution in [1.29, 1.82) is 5.26 Å². The Hall–Kier alpha value is -4.59. The van der Waals surface area contributed by atoms with Crippen molar-refractivity contribution < 1.29 is 19.4 Å². The van der Waals surface area contributed by atoms with E-state index in [1.165, 1.54) is 11.6 Å². The van der Waals surface area contributed by atoms with Crippen LogP contribution in [0.4, 0.5) is 0 Å². The maximum Gasteiger partial charge on any atom is 0.354 e. The Labute approximate surface area is 242 Å². The molecule has 3 aliphatic rings. The van der Waals surface area contributed by atoms with E-state index in [-0.39, 0.29) is 17.9 Å². The molecule has 1 aromatic carbocycles. The molecule has 0 amide bonds. The van der Waals surface area contributed by atoms with E-state index in [1.807, 2.05) is 16.7 Å². The number of imidazole rings is 1. The zero-order chi connectivity index (χ0) is 28.6. The van der Waals surface area contributed by atoms with E-state index < -0.39 is 5.97 Å². The number of pyridine rings is 2. The third kappa shape index (κ3) is 5.02. The molecule has 7 rings (SSSR count). The number of ether oxygens (including phenoxy) is 2. The second-order valence-electron chi connectivity index (χ2n) is 11.1. The highest BCUT2D eigenvalue weighted by atomic mass is 16.5. The summed E-state index contributed by atoms with van der Waals surface area (Å²) in [5.41, 5.74) is 4.92. The minimum Gasteiger partial charge on any atom is -0.479 e. The van der Waals surface area contributed by atoms with E-state index in [0.717, 1.165) is 61.8 Å². The molecule has 10 nitrogen and oxygen atoms in total. The van der Waals surface area contributed by atoms with Crippen molar-refractivity contribution in [3.63, 3.8) is 0 Å². The van der Waals surface area contributed by atoms with Gasteiger partial charge < -0.3 is 19.1 Å². The Morgan fingerprint density at radius 3 is 2.67 bits per heavy atom. The molecule has 4 aromatic rings. The van der Waals surface area contributed by atoms with E-state index >= 15 is 0 Å². The SMILES string of the molecule is N#Cc1ccc([C@H]2C=Cc3cccc(C4CCN(Cc5nc6ccc(C(=O)O)nc6n5C[C@@H]5CCO5)CC4)c3O2)nc1. The molecule has 0 radical (unpaired) electrons. The van der Waals surface area contributed by atoms with Crippen molar-refractivity contribution in [3.05, 3.63) is 88.6 Å². The monoisotopic (exact) mass is 562 g/mol. The first-order valence-corrected chi connectivity index (χ1v) is 14.3. The zero-order valence-electron chi connectivity index (χ0n) is 23.0. The number of carboxylic acid groups (broad SMARTS) is 1. The number of hydrogen-bond acceptors (Lipinski definition) is 8. The number of fused-ring (bicyclic) bond motifs is 2. The maximum atomic E-state index is 11.6. The van der Waals surface area contributed by atoms with E-state index in [9.17, 15) is 9.90 Å². The average molecular weight is 563 g/mol. The molecule has 1 N–H and O–H groups in total. The van der Waals surface area contributed by atoms with Crippen LogP contribution in [0.5, 0.6) is 5.75 Å². The number of rotatable bonds is 7. The first-order valence-electron chi connectivity index (χ1n) is 14.3. The minimum atomic E-state index is -1.05. The zero-order valence-corrected chi connectivity index (χ0v) is 23.0. The third-order valence-electron chi connectivity index (χ3n) is 8.44. The van der Waals surface area contributed by atoms with Gasteiger partial charge in [0.1, 0.15) is 23.2 Å². The second kappa shape index (κ2) is 11.0. The van der Waals surface area contributed by atoms with Crippen LogP contribution in [0.3, 0.4) is 0 Å². The van der Waals surface area contributed by atoms with Crippen LogP contribution in [0.2, 0.25) is 0 Å². The van der Waals surface area contributed by atoms with Gasteiger partial charge in [-0.25, -0.2) is 14.8 Å². The molecular weight excluding hydrogens is 532 g/mol. The fourth-order valence-corrected chi connectivity index (χ4v) is 6.03. The van der Waals surface area contributed by atoms with Gasteiger partial charge in [0, 0.05) is 18.4 Å². The first kappa shape index (κ1) is 26.3. The number of carbonyl (C=O) groups is 1. The summed E-state index contributed by atoms with van der Waals surface area (Å²) in [6.07, 6.45) is 8.44. The number of carboxylic acids is 1. The number of likely N-dealkylation sites (tertiary alicyclic amines) is 1. The van der Waals surface area contributed by atoms with Crippen molar-refractivity contribution in [2.45, 2.75) is 50.5 Å². The summed E-state index contributed by atoms with van der Waals surface area (Å²) in [6, 6.07) is 15.3. The predicted molar refractivity (Wildman–Crippen MR) is 154 cm³/mol. The van der Waals surface area contributed by atoms with Crippen molar-refractivity contribution >= 4 is 23.2 Å². The molecule has 2 atom stereocenters. The molecule has 0 bridgehead atoms. The van der Waals surface area contributed by atoms with Crippen molar-refractivity contribution in [3.8, 4) is 11.8 Å². The molecule has 6 heterocycles. The minimum absolute atomic E-state index is 0.0194. The summed E-state index contributed by atoms with van der Waals surface area (Å²) in [5, 5.41) is 18.6. The molecule has 3 aliphatic heterocycles. The summed E-state index contributed by atoms with van der Waals surface area (Å²) in [7, 11) is 0. The first-order chi connectivity index (χ1) is 20.6. The molecule has 2 fully saturated rings. The topological polar surface area (TPSA) is 126 Å². The van der Waals surface area contributed by atoms with Crippen molar-refractivity contribution in [2.75, 3.05) is 19.7 Å². The van der Waals surface area contributed by atoms with Gasteiger partial charge in [0.25, 0.3) is 0 Å². The molecular formula is C32H30N6O4. The van der Waals surface area contributed by atoms with Crippen molar-refractivity contribution in [2.24, 2.45) is 0 Å². The maximum absolute atomic E-state index is 11.6. The lowest BCUT2D eigenvalue weighted by Crippen LogP contribution is -2.35. The Bertz CT molecular complexity index is 1710. The fourth-order valence-electron chi connectivity index (χ4n) is 6.03. The summed E-state index contributed by atoms with van der Waals surface area (Å²) >= 11 is 0. The molecule has 0 unspecified atom stereocenters. The van der Waals surface area contributed by atoms with Gasteiger partial charge in [-0.15, -0.1) is 0 Å². The Balaban J connectivity index is 1.07. The lowest BCUT2D eigenvalue weighted by atomic mass is 9.87. The lowest BCUT2D eigenvalue weighted by molar-refractivity contribution is -0.0593. The molecule has 0 spiro atoms. The van der Waals surface area contributed by atoms with E-state index in [0.29, 0.717) is 35.7 Å². The van der Waals surface area contributed by atoms with Crippen LogP contribution < -0.4 is 4.74 Å². The van der Waals surface area contributed by atoms with Gasteiger partial charge in [-0.3, -0.25) is 9.88 Å². The molecule has 42 heavy (non-hydrogen) atoms. The molecule has 0 saturated carbocycles. The Kier molecular flexibility index (Phi) is 6.90. The van der Waals surface area contributed by atoms with Crippen LogP contribution in [0.25, 0.3) is 17.2 Å². The van der Waals surface area contributed by atoms with Crippen LogP contribution in [-0.4, -0.2) is 61.3 Å².